The second-order valence-electron chi connectivity index (χ2n) is 5.89. The zero-order chi connectivity index (χ0) is 15.0. The van der Waals surface area contributed by atoms with E-state index in [-0.39, 0.29) is 17.9 Å². The van der Waals surface area contributed by atoms with Gasteiger partial charge in [0.15, 0.2) is 17.3 Å². The third-order valence-electron chi connectivity index (χ3n) is 3.55. The number of anilines is 1. The zero-order valence-corrected chi connectivity index (χ0v) is 12.2. The summed E-state index contributed by atoms with van der Waals surface area (Å²) in [4.78, 5) is 0. The van der Waals surface area contributed by atoms with E-state index in [0.29, 0.717) is 11.3 Å². The minimum absolute atomic E-state index is 0.122. The molecule has 0 bridgehead atoms. The molecule has 0 unspecified atom stereocenters. The first-order chi connectivity index (χ1) is 9.96. The molecule has 4 heteroatoms. The topological polar surface area (TPSA) is 44.5 Å². The van der Waals surface area contributed by atoms with Crippen LogP contribution in [0.5, 0.6) is 11.5 Å². The van der Waals surface area contributed by atoms with E-state index >= 15 is 0 Å². The SMILES string of the molecule is CC1(C)Cc2cccc(OCc3cccc(N)c3F)c2O1. The average molecular weight is 287 g/mol. The molecule has 0 radical (unpaired) electrons. The number of para-hydroxylation sites is 1. The summed E-state index contributed by atoms with van der Waals surface area (Å²) in [6.07, 6.45) is 0.839. The largest absolute Gasteiger partial charge is 0.485 e. The summed E-state index contributed by atoms with van der Waals surface area (Å²) in [5.41, 5.74) is 7.01. The molecule has 0 spiro atoms. The van der Waals surface area contributed by atoms with Gasteiger partial charge in [-0.2, -0.15) is 0 Å². The number of benzene rings is 2. The van der Waals surface area contributed by atoms with Crippen LogP contribution in [0.15, 0.2) is 36.4 Å². The van der Waals surface area contributed by atoms with Crippen LogP contribution < -0.4 is 15.2 Å². The van der Waals surface area contributed by atoms with Crippen LogP contribution >= 0.6 is 0 Å². The van der Waals surface area contributed by atoms with Gasteiger partial charge in [0, 0.05) is 17.5 Å². The highest BCUT2D eigenvalue weighted by Crippen LogP contribution is 2.42. The monoisotopic (exact) mass is 287 g/mol. The molecule has 0 amide bonds. The van der Waals surface area contributed by atoms with Gasteiger partial charge in [-0.05, 0) is 26.0 Å². The normalized spacial score (nSPS) is 15.4. The molecule has 110 valence electrons. The standard InChI is InChI=1S/C17H18FNO2/c1-17(2)9-11-5-4-8-14(16(11)21-17)20-10-12-6-3-7-13(19)15(12)18/h3-8H,9-10,19H2,1-2H3. The highest BCUT2D eigenvalue weighted by atomic mass is 19.1. The smallest absolute Gasteiger partial charge is 0.165 e. The molecule has 0 aliphatic carbocycles. The minimum atomic E-state index is -0.425. The molecule has 0 aromatic heterocycles. The van der Waals surface area contributed by atoms with Gasteiger partial charge >= 0.3 is 0 Å². The lowest BCUT2D eigenvalue weighted by atomic mass is 10.0. The van der Waals surface area contributed by atoms with Crippen molar-refractivity contribution in [3.63, 3.8) is 0 Å². The van der Waals surface area contributed by atoms with Gasteiger partial charge in [0.2, 0.25) is 0 Å². The molecule has 3 nitrogen and oxygen atoms in total. The Kier molecular flexibility index (Phi) is 3.24. The molecule has 1 heterocycles. The van der Waals surface area contributed by atoms with E-state index in [0.717, 1.165) is 17.7 Å². The number of fused-ring (bicyclic) bond motifs is 1. The Labute approximate surface area is 123 Å². The number of ether oxygens (including phenoxy) is 2. The lowest BCUT2D eigenvalue weighted by molar-refractivity contribution is 0.131. The maximum Gasteiger partial charge on any atom is 0.165 e. The Hall–Kier alpha value is -2.23. The summed E-state index contributed by atoms with van der Waals surface area (Å²) >= 11 is 0. The summed E-state index contributed by atoms with van der Waals surface area (Å²) in [5.74, 6) is 0.970. The average Bonchev–Trinajstić information content (AvgIpc) is 2.75. The molecule has 2 N–H and O–H groups in total. The van der Waals surface area contributed by atoms with Crippen LogP contribution in [-0.2, 0) is 13.0 Å². The molecule has 0 saturated heterocycles. The number of nitrogen functional groups attached to an aromatic ring is 1. The molecule has 3 rings (SSSR count). The summed E-state index contributed by atoms with van der Waals surface area (Å²) in [6, 6.07) is 10.7. The molecular formula is C17H18FNO2. The van der Waals surface area contributed by atoms with Crippen molar-refractivity contribution in [2.45, 2.75) is 32.5 Å². The van der Waals surface area contributed by atoms with Gasteiger partial charge in [-0.3, -0.25) is 0 Å². The lowest BCUT2D eigenvalue weighted by Gasteiger charge is -2.18. The van der Waals surface area contributed by atoms with E-state index in [1.54, 1.807) is 12.1 Å². The number of rotatable bonds is 3. The van der Waals surface area contributed by atoms with E-state index in [2.05, 4.69) is 0 Å². The maximum atomic E-state index is 13.9. The third-order valence-corrected chi connectivity index (χ3v) is 3.55. The number of halogens is 1. The summed E-state index contributed by atoms with van der Waals surface area (Å²) in [6.45, 7) is 4.19. The van der Waals surface area contributed by atoms with Gasteiger partial charge in [0.1, 0.15) is 12.2 Å². The molecule has 0 saturated carbocycles. The van der Waals surface area contributed by atoms with Crippen LogP contribution in [0, 0.1) is 5.82 Å². The van der Waals surface area contributed by atoms with E-state index in [9.17, 15) is 4.39 Å². The van der Waals surface area contributed by atoms with Crippen LogP contribution in [-0.4, -0.2) is 5.60 Å². The van der Waals surface area contributed by atoms with Crippen LogP contribution in [0.1, 0.15) is 25.0 Å². The predicted molar refractivity (Wildman–Crippen MR) is 80.0 cm³/mol. The fourth-order valence-corrected chi connectivity index (χ4v) is 2.57. The molecule has 2 aromatic rings. The van der Waals surface area contributed by atoms with Crippen LogP contribution in [0.4, 0.5) is 10.1 Å². The molecule has 0 fully saturated rings. The second-order valence-corrected chi connectivity index (χ2v) is 5.89. The van der Waals surface area contributed by atoms with Crippen molar-refractivity contribution in [3.05, 3.63) is 53.3 Å². The van der Waals surface area contributed by atoms with Gasteiger partial charge in [-0.15, -0.1) is 0 Å². The van der Waals surface area contributed by atoms with E-state index in [4.69, 9.17) is 15.2 Å². The van der Waals surface area contributed by atoms with Crippen molar-refractivity contribution in [1.29, 1.82) is 0 Å². The number of nitrogens with two attached hydrogens (primary N) is 1. The van der Waals surface area contributed by atoms with Crippen LogP contribution in [0.3, 0.4) is 0 Å². The van der Waals surface area contributed by atoms with Crippen molar-refractivity contribution in [1.82, 2.24) is 0 Å². The Bertz CT molecular complexity index is 682. The Morgan fingerprint density at radius 3 is 2.81 bits per heavy atom. The van der Waals surface area contributed by atoms with E-state index < -0.39 is 5.82 Å². The minimum Gasteiger partial charge on any atom is -0.485 e. The first-order valence-corrected chi connectivity index (χ1v) is 6.93. The van der Waals surface area contributed by atoms with Gasteiger partial charge in [-0.25, -0.2) is 4.39 Å². The quantitative estimate of drug-likeness (QED) is 0.875. The van der Waals surface area contributed by atoms with Gasteiger partial charge in [0.25, 0.3) is 0 Å². The highest BCUT2D eigenvalue weighted by molar-refractivity contribution is 5.50. The first-order valence-electron chi connectivity index (χ1n) is 6.93. The molecule has 1 aliphatic rings. The summed E-state index contributed by atoms with van der Waals surface area (Å²) < 4.78 is 25.5. The van der Waals surface area contributed by atoms with Crippen molar-refractivity contribution in [3.8, 4) is 11.5 Å². The van der Waals surface area contributed by atoms with Crippen LogP contribution in [0.25, 0.3) is 0 Å². The number of hydrogen-bond donors (Lipinski definition) is 1. The first kappa shape index (κ1) is 13.7. The van der Waals surface area contributed by atoms with E-state index in [1.165, 1.54) is 6.07 Å². The lowest BCUT2D eigenvalue weighted by Crippen LogP contribution is -2.24. The summed E-state index contributed by atoms with van der Waals surface area (Å²) in [7, 11) is 0. The number of hydrogen-bond acceptors (Lipinski definition) is 3. The Balaban J connectivity index is 1.82. The van der Waals surface area contributed by atoms with Crippen molar-refractivity contribution in [2.75, 3.05) is 5.73 Å². The maximum absolute atomic E-state index is 13.9. The fourth-order valence-electron chi connectivity index (χ4n) is 2.57. The predicted octanol–water partition coefficient (Wildman–Crippen LogP) is 3.70. The molecule has 1 aliphatic heterocycles. The Morgan fingerprint density at radius 2 is 2.00 bits per heavy atom. The summed E-state index contributed by atoms with van der Waals surface area (Å²) in [5, 5.41) is 0. The molecular weight excluding hydrogens is 269 g/mol. The second kappa shape index (κ2) is 4.95. The van der Waals surface area contributed by atoms with Gasteiger partial charge in [0.05, 0.1) is 5.69 Å². The van der Waals surface area contributed by atoms with Crippen LogP contribution in [0.2, 0.25) is 0 Å². The molecule has 21 heavy (non-hydrogen) atoms. The van der Waals surface area contributed by atoms with Crippen molar-refractivity contribution >= 4 is 5.69 Å². The van der Waals surface area contributed by atoms with Gasteiger partial charge in [-0.1, -0.05) is 24.3 Å². The van der Waals surface area contributed by atoms with Crippen molar-refractivity contribution in [2.24, 2.45) is 0 Å². The zero-order valence-electron chi connectivity index (χ0n) is 12.2. The molecule has 0 atom stereocenters. The third kappa shape index (κ3) is 2.66. The Morgan fingerprint density at radius 1 is 1.24 bits per heavy atom. The van der Waals surface area contributed by atoms with Crippen molar-refractivity contribution < 1.29 is 13.9 Å². The fraction of sp³-hybridized carbons (Fsp3) is 0.294. The van der Waals surface area contributed by atoms with E-state index in [1.807, 2.05) is 32.0 Å². The molecule has 2 aromatic carbocycles. The highest BCUT2D eigenvalue weighted by Gasteiger charge is 2.32. The van der Waals surface area contributed by atoms with Gasteiger partial charge < -0.3 is 15.2 Å².